The van der Waals surface area contributed by atoms with Gasteiger partial charge in [0.05, 0.1) is 24.9 Å². The van der Waals surface area contributed by atoms with Crippen molar-refractivity contribution >= 4 is 41.5 Å². The molecule has 0 saturated carbocycles. The van der Waals surface area contributed by atoms with E-state index in [1.807, 2.05) is 20.8 Å². The Morgan fingerprint density at radius 2 is 2.00 bits per heavy atom. The molecule has 6 nitrogen and oxygen atoms in total. The van der Waals surface area contributed by atoms with Crippen LogP contribution in [0.4, 0.5) is 5.69 Å². The van der Waals surface area contributed by atoms with Gasteiger partial charge in [-0.25, -0.2) is 0 Å². The highest BCUT2D eigenvalue weighted by Gasteiger charge is 2.18. The Balaban J connectivity index is 0.00000484. The first-order valence-electron chi connectivity index (χ1n) is 7.10. The minimum Gasteiger partial charge on any atom is -0.492 e. The van der Waals surface area contributed by atoms with Crippen LogP contribution in [-0.2, 0) is 9.59 Å². The number of hydrogen-bond donors (Lipinski definition) is 3. The third-order valence-corrected chi connectivity index (χ3v) is 3.20. The zero-order valence-corrected chi connectivity index (χ0v) is 15.0. The van der Waals surface area contributed by atoms with Gasteiger partial charge in [0, 0.05) is 11.1 Å². The molecule has 23 heavy (non-hydrogen) atoms. The van der Waals surface area contributed by atoms with Crippen LogP contribution in [0.2, 0.25) is 5.02 Å². The molecule has 130 valence electrons. The average molecular weight is 364 g/mol. The SMILES string of the molecule is CCOc1cc(Cl)ccc1NC(=O)CNC(=O)[C@@H](N)C(C)C.Cl. The van der Waals surface area contributed by atoms with E-state index in [1.54, 1.807) is 18.2 Å². The van der Waals surface area contributed by atoms with Gasteiger partial charge >= 0.3 is 0 Å². The molecule has 0 heterocycles. The summed E-state index contributed by atoms with van der Waals surface area (Å²) in [5.41, 5.74) is 6.20. The Labute approximate surface area is 147 Å². The highest BCUT2D eigenvalue weighted by atomic mass is 35.5. The summed E-state index contributed by atoms with van der Waals surface area (Å²) in [7, 11) is 0. The lowest BCUT2D eigenvalue weighted by molar-refractivity contribution is -0.125. The summed E-state index contributed by atoms with van der Waals surface area (Å²) in [6.45, 7) is 5.80. The number of anilines is 1. The van der Waals surface area contributed by atoms with E-state index in [2.05, 4.69) is 10.6 Å². The normalized spacial score (nSPS) is 11.4. The molecule has 0 spiro atoms. The number of nitrogens with one attached hydrogen (secondary N) is 2. The molecule has 0 aliphatic rings. The Morgan fingerprint density at radius 3 is 2.57 bits per heavy atom. The van der Waals surface area contributed by atoms with Crippen molar-refractivity contribution in [1.29, 1.82) is 0 Å². The van der Waals surface area contributed by atoms with Gasteiger partial charge in [0.2, 0.25) is 11.8 Å². The molecule has 0 bridgehead atoms. The first-order valence-corrected chi connectivity index (χ1v) is 7.48. The zero-order valence-electron chi connectivity index (χ0n) is 13.4. The highest BCUT2D eigenvalue weighted by Crippen LogP contribution is 2.28. The molecular formula is C15H23Cl2N3O3. The third kappa shape index (κ3) is 7.07. The molecule has 1 rings (SSSR count). The van der Waals surface area contributed by atoms with Gasteiger partial charge in [-0.05, 0) is 25.0 Å². The largest absolute Gasteiger partial charge is 0.492 e. The van der Waals surface area contributed by atoms with Crippen molar-refractivity contribution in [1.82, 2.24) is 5.32 Å². The van der Waals surface area contributed by atoms with Crippen LogP contribution in [0.15, 0.2) is 18.2 Å². The maximum absolute atomic E-state index is 11.9. The maximum Gasteiger partial charge on any atom is 0.243 e. The van der Waals surface area contributed by atoms with Crippen molar-refractivity contribution in [2.45, 2.75) is 26.8 Å². The lowest BCUT2D eigenvalue weighted by Gasteiger charge is -2.16. The second-order valence-corrected chi connectivity index (χ2v) is 5.55. The van der Waals surface area contributed by atoms with Crippen molar-refractivity contribution in [3.8, 4) is 5.75 Å². The van der Waals surface area contributed by atoms with Crippen molar-refractivity contribution in [2.24, 2.45) is 11.7 Å². The van der Waals surface area contributed by atoms with Gasteiger partial charge in [-0.15, -0.1) is 12.4 Å². The molecule has 0 aliphatic heterocycles. The zero-order chi connectivity index (χ0) is 16.7. The van der Waals surface area contributed by atoms with Crippen LogP contribution >= 0.6 is 24.0 Å². The number of nitrogens with two attached hydrogens (primary N) is 1. The fourth-order valence-corrected chi connectivity index (χ4v) is 1.82. The number of ether oxygens (including phenoxy) is 1. The Kier molecular flexibility index (Phi) is 9.64. The molecule has 0 aromatic heterocycles. The topological polar surface area (TPSA) is 93.5 Å². The van der Waals surface area contributed by atoms with E-state index in [-0.39, 0.29) is 36.7 Å². The number of carbonyl (C=O) groups excluding carboxylic acids is 2. The van der Waals surface area contributed by atoms with Crippen LogP contribution in [0.3, 0.4) is 0 Å². The fourth-order valence-electron chi connectivity index (χ4n) is 1.66. The summed E-state index contributed by atoms with van der Waals surface area (Å²) >= 11 is 5.89. The summed E-state index contributed by atoms with van der Waals surface area (Å²) in [6.07, 6.45) is 0. The third-order valence-electron chi connectivity index (χ3n) is 2.96. The van der Waals surface area contributed by atoms with E-state index < -0.39 is 6.04 Å². The quantitative estimate of drug-likeness (QED) is 0.692. The van der Waals surface area contributed by atoms with Crippen molar-refractivity contribution in [3.05, 3.63) is 23.2 Å². The first kappa shape index (κ1) is 21.5. The fraction of sp³-hybridized carbons (Fsp3) is 0.467. The van der Waals surface area contributed by atoms with Gasteiger partial charge in [0.15, 0.2) is 0 Å². The second kappa shape index (κ2) is 10.3. The number of amides is 2. The summed E-state index contributed by atoms with van der Waals surface area (Å²) < 4.78 is 5.41. The molecule has 1 atom stereocenters. The van der Waals surface area contributed by atoms with Gasteiger partial charge in [0.1, 0.15) is 5.75 Å². The Hall–Kier alpha value is -1.50. The van der Waals surface area contributed by atoms with E-state index in [0.717, 1.165) is 0 Å². The Bertz CT molecular complexity index is 539. The van der Waals surface area contributed by atoms with E-state index in [1.165, 1.54) is 0 Å². The van der Waals surface area contributed by atoms with Crippen LogP contribution in [0.5, 0.6) is 5.75 Å². The average Bonchev–Trinajstić information content (AvgIpc) is 2.47. The number of hydrogen-bond acceptors (Lipinski definition) is 4. The van der Waals surface area contributed by atoms with Crippen LogP contribution in [0.25, 0.3) is 0 Å². The summed E-state index contributed by atoms with van der Waals surface area (Å²) in [4.78, 5) is 23.6. The summed E-state index contributed by atoms with van der Waals surface area (Å²) in [5, 5.41) is 5.68. The standard InChI is InChI=1S/C15H22ClN3O3.ClH/c1-4-22-12-7-10(16)5-6-11(12)19-13(20)8-18-15(21)14(17)9(2)3;/h5-7,9,14H,4,8,17H2,1-3H3,(H,18,21)(H,19,20);1H/t14-;/m0./s1. The van der Waals surface area contributed by atoms with Gasteiger partial charge in [-0.2, -0.15) is 0 Å². The molecule has 4 N–H and O–H groups in total. The number of rotatable bonds is 7. The van der Waals surface area contributed by atoms with Crippen LogP contribution in [0, 0.1) is 5.92 Å². The molecule has 0 aliphatic carbocycles. The van der Waals surface area contributed by atoms with Crippen LogP contribution in [0.1, 0.15) is 20.8 Å². The molecule has 0 unspecified atom stereocenters. The number of benzene rings is 1. The summed E-state index contributed by atoms with van der Waals surface area (Å²) in [5.74, 6) is -0.240. The van der Waals surface area contributed by atoms with Crippen LogP contribution in [-0.4, -0.2) is 31.0 Å². The molecule has 0 radical (unpaired) electrons. The first-order chi connectivity index (χ1) is 10.3. The predicted molar refractivity (Wildman–Crippen MR) is 94.3 cm³/mol. The Morgan fingerprint density at radius 1 is 1.35 bits per heavy atom. The number of carbonyl (C=O) groups is 2. The molecule has 1 aromatic rings. The second-order valence-electron chi connectivity index (χ2n) is 5.11. The molecule has 0 saturated heterocycles. The molecule has 0 fully saturated rings. The highest BCUT2D eigenvalue weighted by molar-refractivity contribution is 6.30. The molecule has 8 heteroatoms. The lowest BCUT2D eigenvalue weighted by Crippen LogP contribution is -2.46. The number of halogens is 2. The van der Waals surface area contributed by atoms with Gasteiger partial charge in [-0.1, -0.05) is 25.4 Å². The van der Waals surface area contributed by atoms with E-state index >= 15 is 0 Å². The van der Waals surface area contributed by atoms with E-state index in [0.29, 0.717) is 23.1 Å². The summed E-state index contributed by atoms with van der Waals surface area (Å²) in [6, 6.07) is 4.27. The molecule has 1 aromatic carbocycles. The molecule has 2 amide bonds. The van der Waals surface area contributed by atoms with Crippen LogP contribution < -0.4 is 21.1 Å². The monoisotopic (exact) mass is 363 g/mol. The van der Waals surface area contributed by atoms with E-state index in [4.69, 9.17) is 22.1 Å². The van der Waals surface area contributed by atoms with Crippen molar-refractivity contribution < 1.29 is 14.3 Å². The smallest absolute Gasteiger partial charge is 0.243 e. The van der Waals surface area contributed by atoms with Gasteiger partial charge in [0.25, 0.3) is 0 Å². The van der Waals surface area contributed by atoms with Gasteiger partial charge in [-0.3, -0.25) is 9.59 Å². The molecular weight excluding hydrogens is 341 g/mol. The minimum atomic E-state index is -0.637. The van der Waals surface area contributed by atoms with E-state index in [9.17, 15) is 9.59 Å². The minimum absolute atomic E-state index is 0. The van der Waals surface area contributed by atoms with Crippen molar-refractivity contribution in [3.63, 3.8) is 0 Å². The van der Waals surface area contributed by atoms with Crippen molar-refractivity contribution in [2.75, 3.05) is 18.5 Å². The maximum atomic E-state index is 11.9. The predicted octanol–water partition coefficient (Wildman–Crippen LogP) is 2.20. The lowest BCUT2D eigenvalue weighted by atomic mass is 10.1. The van der Waals surface area contributed by atoms with Gasteiger partial charge < -0.3 is 21.1 Å².